The molecule has 102 valence electrons. The van der Waals surface area contributed by atoms with Crippen LogP contribution in [0.4, 0.5) is 17.1 Å². The monoisotopic (exact) mass is 266 g/mol. The lowest BCUT2D eigenvalue weighted by molar-refractivity contribution is 0.101. The fourth-order valence-corrected chi connectivity index (χ4v) is 2.60. The molecule has 20 heavy (non-hydrogen) atoms. The van der Waals surface area contributed by atoms with E-state index in [9.17, 15) is 4.79 Å². The molecule has 0 radical (unpaired) electrons. The molecule has 0 saturated carbocycles. The van der Waals surface area contributed by atoms with Crippen LogP contribution in [0.15, 0.2) is 42.5 Å². The summed E-state index contributed by atoms with van der Waals surface area (Å²) < 4.78 is 0. The van der Waals surface area contributed by atoms with Crippen LogP contribution in [0.3, 0.4) is 0 Å². The van der Waals surface area contributed by atoms with E-state index in [4.69, 9.17) is 0 Å². The fourth-order valence-electron chi connectivity index (χ4n) is 2.60. The van der Waals surface area contributed by atoms with Crippen LogP contribution in [0, 0.1) is 0 Å². The van der Waals surface area contributed by atoms with E-state index >= 15 is 0 Å². The van der Waals surface area contributed by atoms with E-state index in [2.05, 4.69) is 35.5 Å². The highest BCUT2D eigenvalue weighted by molar-refractivity contribution is 5.94. The van der Waals surface area contributed by atoms with Crippen LogP contribution in [-0.4, -0.2) is 19.4 Å². The lowest BCUT2D eigenvalue weighted by atomic mass is 10.1. The highest BCUT2D eigenvalue weighted by Crippen LogP contribution is 2.30. The maximum Gasteiger partial charge on any atom is 0.159 e. The van der Waals surface area contributed by atoms with Gasteiger partial charge in [0.1, 0.15) is 0 Å². The predicted octanol–water partition coefficient (Wildman–Crippen LogP) is 3.63. The number of carbonyl (C=O) groups excluding carboxylic acids is 1. The molecule has 0 unspecified atom stereocenters. The maximum absolute atomic E-state index is 11.2. The molecular weight excluding hydrogens is 248 g/mol. The van der Waals surface area contributed by atoms with Crippen molar-refractivity contribution in [2.75, 3.05) is 23.8 Å². The first-order valence-electron chi connectivity index (χ1n) is 6.85. The van der Waals surface area contributed by atoms with Gasteiger partial charge in [-0.05, 0) is 61.4 Å². The normalized spacial score (nSPS) is 13.2. The highest BCUT2D eigenvalue weighted by atomic mass is 16.1. The Labute approximate surface area is 119 Å². The number of hydrogen-bond acceptors (Lipinski definition) is 3. The summed E-state index contributed by atoms with van der Waals surface area (Å²) in [5.74, 6) is 0.0946. The maximum atomic E-state index is 11.2. The molecular formula is C17H18N2O. The zero-order valence-corrected chi connectivity index (χ0v) is 11.8. The number of anilines is 3. The third-order valence-corrected chi connectivity index (χ3v) is 3.79. The third kappa shape index (κ3) is 2.39. The zero-order valence-electron chi connectivity index (χ0n) is 11.8. The topological polar surface area (TPSA) is 32.3 Å². The van der Waals surface area contributed by atoms with Gasteiger partial charge in [0.15, 0.2) is 5.78 Å². The van der Waals surface area contributed by atoms with Gasteiger partial charge in [0, 0.05) is 36.2 Å². The molecule has 0 bridgehead atoms. The molecule has 0 spiro atoms. The number of ketones is 1. The van der Waals surface area contributed by atoms with E-state index in [0.717, 1.165) is 29.9 Å². The van der Waals surface area contributed by atoms with E-state index in [1.54, 1.807) is 6.92 Å². The van der Waals surface area contributed by atoms with Gasteiger partial charge in [-0.3, -0.25) is 4.79 Å². The van der Waals surface area contributed by atoms with Gasteiger partial charge in [0.05, 0.1) is 0 Å². The number of nitrogens with zero attached hydrogens (tertiary/aromatic N) is 1. The average molecular weight is 266 g/mol. The second-order valence-electron chi connectivity index (χ2n) is 5.27. The summed E-state index contributed by atoms with van der Waals surface area (Å²) in [7, 11) is 2.12. The first kappa shape index (κ1) is 12.7. The van der Waals surface area contributed by atoms with Gasteiger partial charge < -0.3 is 10.2 Å². The molecule has 3 heteroatoms. The van der Waals surface area contributed by atoms with Crippen LogP contribution >= 0.6 is 0 Å². The second kappa shape index (κ2) is 5.00. The molecule has 0 fully saturated rings. The summed E-state index contributed by atoms with van der Waals surface area (Å²) in [6.45, 7) is 2.67. The molecule has 0 aliphatic carbocycles. The third-order valence-electron chi connectivity index (χ3n) is 3.79. The number of nitrogens with one attached hydrogen (secondary N) is 1. The molecule has 3 rings (SSSR count). The molecule has 1 heterocycles. The van der Waals surface area contributed by atoms with Crippen LogP contribution < -0.4 is 10.2 Å². The Kier molecular flexibility index (Phi) is 3.18. The predicted molar refractivity (Wildman–Crippen MR) is 83.1 cm³/mol. The van der Waals surface area contributed by atoms with Crippen LogP contribution in [0.5, 0.6) is 0 Å². The van der Waals surface area contributed by atoms with Crippen molar-refractivity contribution < 1.29 is 4.79 Å². The van der Waals surface area contributed by atoms with E-state index in [0.29, 0.717) is 0 Å². The Bertz CT molecular complexity index is 647. The molecule has 3 nitrogen and oxygen atoms in total. The molecule has 1 N–H and O–H groups in total. The number of benzene rings is 2. The summed E-state index contributed by atoms with van der Waals surface area (Å²) in [5.41, 5.74) is 5.54. The van der Waals surface area contributed by atoms with E-state index < -0.39 is 0 Å². The van der Waals surface area contributed by atoms with Gasteiger partial charge in [0.2, 0.25) is 0 Å². The second-order valence-corrected chi connectivity index (χ2v) is 5.27. The summed E-state index contributed by atoms with van der Waals surface area (Å²) >= 11 is 0. The molecule has 0 amide bonds. The first-order chi connectivity index (χ1) is 9.63. The van der Waals surface area contributed by atoms with Gasteiger partial charge in [-0.15, -0.1) is 0 Å². The average Bonchev–Trinajstić information content (AvgIpc) is 2.81. The largest absolute Gasteiger partial charge is 0.374 e. The van der Waals surface area contributed by atoms with Gasteiger partial charge >= 0.3 is 0 Å². The molecule has 1 aliphatic rings. The lowest BCUT2D eigenvalue weighted by Crippen LogP contribution is -2.12. The van der Waals surface area contributed by atoms with Gasteiger partial charge in [-0.1, -0.05) is 0 Å². The number of Topliss-reactive ketones (excluding diaryl/α,β-unsaturated/α-hetero) is 1. The minimum Gasteiger partial charge on any atom is -0.374 e. The molecule has 1 aliphatic heterocycles. The number of carbonyl (C=O) groups is 1. The molecule has 2 aromatic carbocycles. The van der Waals surface area contributed by atoms with Crippen molar-refractivity contribution in [1.29, 1.82) is 0 Å². The van der Waals surface area contributed by atoms with Crippen molar-refractivity contribution in [2.45, 2.75) is 13.3 Å². The quantitative estimate of drug-likeness (QED) is 0.861. The minimum absolute atomic E-state index is 0.0946. The Morgan fingerprint density at radius 1 is 1.10 bits per heavy atom. The van der Waals surface area contributed by atoms with Crippen molar-refractivity contribution in [3.63, 3.8) is 0 Å². The van der Waals surface area contributed by atoms with Crippen LogP contribution in [0.2, 0.25) is 0 Å². The summed E-state index contributed by atoms with van der Waals surface area (Å²) in [6.07, 6.45) is 1.10. The van der Waals surface area contributed by atoms with E-state index in [-0.39, 0.29) is 5.78 Å². The molecule has 2 aromatic rings. The Morgan fingerprint density at radius 3 is 2.50 bits per heavy atom. The smallest absolute Gasteiger partial charge is 0.159 e. The summed E-state index contributed by atoms with van der Waals surface area (Å²) in [6, 6.07) is 14.1. The van der Waals surface area contributed by atoms with E-state index in [1.165, 1.54) is 11.3 Å². The SMILES string of the molecule is CC(=O)c1ccc(Nc2ccc3c(c2)CCN3C)cc1. The Balaban J connectivity index is 1.79. The molecule has 0 saturated heterocycles. The van der Waals surface area contributed by atoms with Gasteiger partial charge in [-0.2, -0.15) is 0 Å². The minimum atomic E-state index is 0.0946. The van der Waals surface area contributed by atoms with E-state index in [1.807, 2.05) is 24.3 Å². The first-order valence-corrected chi connectivity index (χ1v) is 6.85. The fraction of sp³-hybridized carbons (Fsp3) is 0.235. The van der Waals surface area contributed by atoms with Gasteiger partial charge in [-0.25, -0.2) is 0 Å². The summed E-state index contributed by atoms with van der Waals surface area (Å²) in [5, 5.41) is 3.38. The van der Waals surface area contributed by atoms with Crippen molar-refractivity contribution in [2.24, 2.45) is 0 Å². The number of fused-ring (bicyclic) bond motifs is 1. The number of hydrogen-bond donors (Lipinski definition) is 1. The highest BCUT2D eigenvalue weighted by Gasteiger charge is 2.15. The van der Waals surface area contributed by atoms with Crippen molar-refractivity contribution in [1.82, 2.24) is 0 Å². The van der Waals surface area contributed by atoms with Crippen molar-refractivity contribution in [3.05, 3.63) is 53.6 Å². The van der Waals surface area contributed by atoms with Gasteiger partial charge in [0.25, 0.3) is 0 Å². The molecule has 0 aromatic heterocycles. The molecule has 0 atom stereocenters. The number of rotatable bonds is 3. The number of likely N-dealkylation sites (N-methyl/N-ethyl adjacent to an activating group) is 1. The Hall–Kier alpha value is -2.29. The standard InChI is InChI=1S/C17H18N2O/c1-12(20)13-3-5-15(6-4-13)18-16-7-8-17-14(11-16)9-10-19(17)2/h3-8,11,18H,9-10H2,1-2H3. The van der Waals surface area contributed by atoms with Crippen molar-refractivity contribution in [3.8, 4) is 0 Å². The Morgan fingerprint density at radius 2 is 1.80 bits per heavy atom. The summed E-state index contributed by atoms with van der Waals surface area (Å²) in [4.78, 5) is 13.5. The zero-order chi connectivity index (χ0) is 14.1. The lowest BCUT2D eigenvalue weighted by Gasteiger charge is -2.13. The van der Waals surface area contributed by atoms with Crippen LogP contribution in [-0.2, 0) is 6.42 Å². The van der Waals surface area contributed by atoms with Crippen LogP contribution in [0.1, 0.15) is 22.8 Å². The van der Waals surface area contributed by atoms with Crippen LogP contribution in [0.25, 0.3) is 0 Å². The van der Waals surface area contributed by atoms with Crippen molar-refractivity contribution >= 4 is 22.8 Å².